The van der Waals surface area contributed by atoms with E-state index in [1.54, 1.807) is 18.8 Å². The predicted octanol–water partition coefficient (Wildman–Crippen LogP) is 1.74. The van der Waals surface area contributed by atoms with Crippen molar-refractivity contribution in [1.82, 2.24) is 9.78 Å². The van der Waals surface area contributed by atoms with Crippen LogP contribution in [0.15, 0.2) is 30.5 Å². The van der Waals surface area contributed by atoms with Crippen LogP contribution in [0, 0.1) is 0 Å². The van der Waals surface area contributed by atoms with E-state index < -0.39 is 5.97 Å². The van der Waals surface area contributed by atoms with Crippen molar-refractivity contribution in [3.05, 3.63) is 41.7 Å². The van der Waals surface area contributed by atoms with Gasteiger partial charge >= 0.3 is 5.97 Å². The molecule has 0 spiro atoms. The average molecular weight is 261 g/mol. The van der Waals surface area contributed by atoms with E-state index in [-0.39, 0.29) is 5.56 Å². The molecular weight excluding hydrogens is 246 g/mol. The molecular formula is C13H15N3O3. The topological polar surface area (TPSA) is 76.4 Å². The summed E-state index contributed by atoms with van der Waals surface area (Å²) in [6.45, 7) is 0.380. The molecule has 0 aliphatic heterocycles. The third kappa shape index (κ3) is 2.85. The molecule has 2 N–H and O–H groups in total. The van der Waals surface area contributed by atoms with E-state index in [1.165, 1.54) is 6.20 Å². The van der Waals surface area contributed by atoms with E-state index >= 15 is 0 Å². The quantitative estimate of drug-likeness (QED) is 0.857. The minimum atomic E-state index is -0.976. The van der Waals surface area contributed by atoms with Crippen molar-refractivity contribution < 1.29 is 14.6 Å². The lowest BCUT2D eigenvalue weighted by Gasteiger charge is -2.09. The largest absolute Gasteiger partial charge is 0.497 e. The van der Waals surface area contributed by atoms with E-state index in [2.05, 4.69) is 10.4 Å². The Hall–Kier alpha value is -2.50. The molecule has 1 aromatic heterocycles. The summed E-state index contributed by atoms with van der Waals surface area (Å²) in [5.41, 5.74) is 1.69. The van der Waals surface area contributed by atoms with Gasteiger partial charge in [0.25, 0.3) is 0 Å². The van der Waals surface area contributed by atoms with Crippen LogP contribution in [0.5, 0.6) is 5.75 Å². The fourth-order valence-corrected chi connectivity index (χ4v) is 1.77. The summed E-state index contributed by atoms with van der Waals surface area (Å²) < 4.78 is 6.68. The van der Waals surface area contributed by atoms with Gasteiger partial charge in [-0.2, -0.15) is 5.10 Å². The van der Waals surface area contributed by atoms with Crippen LogP contribution in [0.3, 0.4) is 0 Å². The Labute approximate surface area is 110 Å². The number of hydrogen-bond donors (Lipinski definition) is 2. The van der Waals surface area contributed by atoms with E-state index in [0.29, 0.717) is 12.2 Å². The second-order valence-corrected chi connectivity index (χ2v) is 4.02. The Morgan fingerprint density at radius 2 is 2.32 bits per heavy atom. The Morgan fingerprint density at radius 1 is 1.53 bits per heavy atom. The van der Waals surface area contributed by atoms with Gasteiger partial charge in [0, 0.05) is 18.8 Å². The van der Waals surface area contributed by atoms with Crippen LogP contribution < -0.4 is 10.1 Å². The first-order chi connectivity index (χ1) is 9.11. The number of nitrogens with zero attached hydrogens (tertiary/aromatic N) is 2. The number of hydrogen-bond acceptors (Lipinski definition) is 4. The normalized spacial score (nSPS) is 10.2. The van der Waals surface area contributed by atoms with Crippen molar-refractivity contribution in [2.24, 2.45) is 7.05 Å². The van der Waals surface area contributed by atoms with E-state index in [9.17, 15) is 4.79 Å². The number of aromatic nitrogens is 2. The Kier molecular flexibility index (Phi) is 3.70. The van der Waals surface area contributed by atoms with Crippen LogP contribution in [-0.2, 0) is 13.6 Å². The van der Waals surface area contributed by atoms with Crippen molar-refractivity contribution in [1.29, 1.82) is 0 Å². The fourth-order valence-electron chi connectivity index (χ4n) is 1.77. The lowest BCUT2D eigenvalue weighted by molar-refractivity contribution is 0.0695. The van der Waals surface area contributed by atoms with Crippen molar-refractivity contribution in [3.8, 4) is 5.75 Å². The number of methoxy groups -OCH3 is 1. The Morgan fingerprint density at radius 3 is 3.00 bits per heavy atom. The minimum absolute atomic E-state index is 0.206. The van der Waals surface area contributed by atoms with Crippen LogP contribution >= 0.6 is 0 Å². The van der Waals surface area contributed by atoms with Crippen molar-refractivity contribution in [2.45, 2.75) is 6.54 Å². The molecule has 0 fully saturated rings. The highest BCUT2D eigenvalue weighted by Crippen LogP contribution is 2.18. The SMILES string of the molecule is COc1cccc(NCc2c(C(=O)O)cnn2C)c1. The Balaban J connectivity index is 2.14. The zero-order chi connectivity index (χ0) is 13.8. The molecule has 0 atom stereocenters. The smallest absolute Gasteiger partial charge is 0.339 e. The van der Waals surface area contributed by atoms with Crippen molar-refractivity contribution in [3.63, 3.8) is 0 Å². The minimum Gasteiger partial charge on any atom is -0.497 e. The summed E-state index contributed by atoms with van der Waals surface area (Å²) >= 11 is 0. The number of nitrogens with one attached hydrogen (secondary N) is 1. The summed E-state index contributed by atoms with van der Waals surface area (Å²) in [4.78, 5) is 11.0. The van der Waals surface area contributed by atoms with Gasteiger partial charge in [0.05, 0.1) is 25.5 Å². The van der Waals surface area contributed by atoms with Gasteiger partial charge < -0.3 is 15.2 Å². The van der Waals surface area contributed by atoms with Gasteiger partial charge in [-0.3, -0.25) is 4.68 Å². The van der Waals surface area contributed by atoms with Gasteiger partial charge in [0.1, 0.15) is 11.3 Å². The number of rotatable bonds is 5. The number of benzene rings is 1. The van der Waals surface area contributed by atoms with Crippen LogP contribution in [-0.4, -0.2) is 28.0 Å². The second kappa shape index (κ2) is 5.43. The van der Waals surface area contributed by atoms with Gasteiger partial charge in [0.2, 0.25) is 0 Å². The first-order valence-electron chi connectivity index (χ1n) is 5.74. The third-order valence-electron chi connectivity index (χ3n) is 2.82. The molecule has 0 bridgehead atoms. The van der Waals surface area contributed by atoms with E-state index in [0.717, 1.165) is 11.4 Å². The van der Waals surface area contributed by atoms with Crippen LogP contribution in [0.4, 0.5) is 5.69 Å². The number of carboxylic acid groups (broad SMARTS) is 1. The van der Waals surface area contributed by atoms with Crippen molar-refractivity contribution >= 4 is 11.7 Å². The molecule has 0 aliphatic carbocycles. The molecule has 6 nitrogen and oxygen atoms in total. The average Bonchev–Trinajstić information content (AvgIpc) is 2.78. The number of ether oxygens (including phenoxy) is 1. The van der Waals surface area contributed by atoms with Gasteiger partial charge in [-0.25, -0.2) is 4.79 Å². The van der Waals surface area contributed by atoms with Crippen LogP contribution in [0.1, 0.15) is 16.1 Å². The Bertz CT molecular complexity index is 593. The molecule has 2 aromatic rings. The van der Waals surface area contributed by atoms with Crippen LogP contribution in [0.2, 0.25) is 0 Å². The first kappa shape index (κ1) is 12.9. The number of anilines is 1. The monoisotopic (exact) mass is 261 g/mol. The fraction of sp³-hybridized carbons (Fsp3) is 0.231. The predicted molar refractivity (Wildman–Crippen MR) is 70.5 cm³/mol. The lowest BCUT2D eigenvalue weighted by Crippen LogP contribution is -2.10. The molecule has 0 saturated carbocycles. The maximum Gasteiger partial charge on any atom is 0.339 e. The summed E-state index contributed by atoms with van der Waals surface area (Å²) in [6, 6.07) is 7.44. The van der Waals surface area contributed by atoms with E-state index in [1.807, 2.05) is 24.3 Å². The molecule has 19 heavy (non-hydrogen) atoms. The summed E-state index contributed by atoms with van der Waals surface area (Å²) in [5.74, 6) is -0.232. The molecule has 0 amide bonds. The maximum absolute atomic E-state index is 11.0. The third-order valence-corrected chi connectivity index (χ3v) is 2.82. The van der Waals surface area contributed by atoms with Gasteiger partial charge in [-0.05, 0) is 12.1 Å². The van der Waals surface area contributed by atoms with Crippen LogP contribution in [0.25, 0.3) is 0 Å². The standard InChI is InChI=1S/C13H15N3O3/c1-16-12(11(7-15-16)13(17)18)8-14-9-4-3-5-10(6-9)19-2/h3-7,14H,8H2,1-2H3,(H,17,18). The molecule has 2 rings (SSSR count). The maximum atomic E-state index is 11.0. The molecule has 100 valence electrons. The molecule has 0 saturated heterocycles. The molecule has 6 heteroatoms. The zero-order valence-corrected chi connectivity index (χ0v) is 10.8. The highest BCUT2D eigenvalue weighted by Gasteiger charge is 2.14. The van der Waals surface area contributed by atoms with Gasteiger partial charge in [-0.15, -0.1) is 0 Å². The van der Waals surface area contributed by atoms with Gasteiger partial charge in [0.15, 0.2) is 0 Å². The second-order valence-electron chi connectivity index (χ2n) is 4.02. The molecule has 0 unspecified atom stereocenters. The number of aryl methyl sites for hydroxylation is 1. The highest BCUT2D eigenvalue weighted by molar-refractivity contribution is 5.88. The van der Waals surface area contributed by atoms with E-state index in [4.69, 9.17) is 9.84 Å². The molecule has 1 aromatic carbocycles. The molecule has 0 radical (unpaired) electrons. The zero-order valence-electron chi connectivity index (χ0n) is 10.8. The number of carboxylic acids is 1. The van der Waals surface area contributed by atoms with Crippen molar-refractivity contribution in [2.75, 3.05) is 12.4 Å². The summed E-state index contributed by atoms with van der Waals surface area (Å²) in [6.07, 6.45) is 1.35. The summed E-state index contributed by atoms with van der Waals surface area (Å²) in [7, 11) is 3.32. The molecule has 1 heterocycles. The molecule has 0 aliphatic rings. The lowest BCUT2D eigenvalue weighted by atomic mass is 10.2. The number of aromatic carboxylic acids is 1. The number of carbonyl (C=O) groups is 1. The van der Waals surface area contributed by atoms with Gasteiger partial charge in [-0.1, -0.05) is 6.07 Å². The highest BCUT2D eigenvalue weighted by atomic mass is 16.5. The summed E-state index contributed by atoms with van der Waals surface area (Å²) in [5, 5.41) is 16.2. The first-order valence-corrected chi connectivity index (χ1v) is 5.74.